The van der Waals surface area contributed by atoms with Gasteiger partial charge in [-0.05, 0) is 36.3 Å². The Hall–Kier alpha value is -2.38. The molecule has 1 aliphatic heterocycles. The third-order valence-corrected chi connectivity index (χ3v) is 3.39. The predicted octanol–water partition coefficient (Wildman–Crippen LogP) is 1.36. The number of anilines is 1. The molecule has 100 valence electrons. The standard InChI is InChI=1S/C11H12N4O4/c16-14(17)11-9(13-6-2-1-3-7-13)5-4-8-10(11)12-19-15(8)18/h4-5H,1-3,6-7H2. The highest BCUT2D eigenvalue weighted by Crippen LogP contribution is 2.35. The molecule has 0 unspecified atom stereocenters. The molecular weight excluding hydrogens is 252 g/mol. The highest BCUT2D eigenvalue weighted by Gasteiger charge is 2.30. The molecule has 1 saturated heterocycles. The average Bonchev–Trinajstić information content (AvgIpc) is 2.80. The molecule has 0 amide bonds. The number of hydrogen-bond donors (Lipinski definition) is 0. The van der Waals surface area contributed by atoms with Gasteiger partial charge in [0.2, 0.25) is 5.52 Å². The van der Waals surface area contributed by atoms with Gasteiger partial charge in [0, 0.05) is 13.1 Å². The van der Waals surface area contributed by atoms with Gasteiger partial charge in [0.15, 0.2) is 0 Å². The van der Waals surface area contributed by atoms with Crippen LogP contribution in [0.3, 0.4) is 0 Å². The number of hydrogen-bond acceptors (Lipinski definition) is 6. The van der Waals surface area contributed by atoms with Crippen LogP contribution in [0.2, 0.25) is 0 Å². The van der Waals surface area contributed by atoms with E-state index in [0.29, 0.717) is 5.69 Å². The summed E-state index contributed by atoms with van der Waals surface area (Å²) in [6.07, 6.45) is 3.15. The maximum absolute atomic E-state index is 11.3. The predicted molar refractivity (Wildman–Crippen MR) is 65.7 cm³/mol. The molecule has 2 aromatic rings. The molecule has 1 fully saturated rings. The van der Waals surface area contributed by atoms with Crippen molar-refractivity contribution in [1.29, 1.82) is 0 Å². The highest BCUT2D eigenvalue weighted by atomic mass is 16.8. The van der Waals surface area contributed by atoms with Crippen molar-refractivity contribution in [1.82, 2.24) is 5.16 Å². The molecule has 3 rings (SSSR count). The summed E-state index contributed by atoms with van der Waals surface area (Å²) in [5.41, 5.74) is 0.430. The molecule has 0 N–H and O–H groups in total. The van der Waals surface area contributed by atoms with Crippen LogP contribution < -0.4 is 9.80 Å². The SMILES string of the molecule is O=[N+]([O-])c1c(N2CCCCC2)ccc2c1no[n+]2[O-]. The maximum atomic E-state index is 11.3. The lowest BCUT2D eigenvalue weighted by Crippen LogP contribution is -2.30. The summed E-state index contributed by atoms with van der Waals surface area (Å²) in [4.78, 5) is 12.9. The normalized spacial score (nSPS) is 15.9. The maximum Gasteiger partial charge on any atom is 0.350 e. The van der Waals surface area contributed by atoms with Gasteiger partial charge in [-0.1, -0.05) is 0 Å². The summed E-state index contributed by atoms with van der Waals surface area (Å²) in [7, 11) is 0. The summed E-state index contributed by atoms with van der Waals surface area (Å²) in [6.45, 7) is 1.56. The van der Waals surface area contributed by atoms with Crippen molar-refractivity contribution in [3.05, 3.63) is 27.5 Å². The minimum Gasteiger partial charge on any atom is -0.366 e. The Bertz CT molecular complexity index is 633. The van der Waals surface area contributed by atoms with Crippen molar-refractivity contribution in [3.63, 3.8) is 0 Å². The Morgan fingerprint density at radius 1 is 1.32 bits per heavy atom. The summed E-state index contributed by atoms with van der Waals surface area (Å²) in [6, 6.07) is 3.10. The summed E-state index contributed by atoms with van der Waals surface area (Å²) in [5, 5.41) is 26.1. The van der Waals surface area contributed by atoms with Crippen molar-refractivity contribution in [3.8, 4) is 0 Å². The van der Waals surface area contributed by atoms with Crippen molar-refractivity contribution < 1.29 is 14.5 Å². The van der Waals surface area contributed by atoms with E-state index in [1.54, 1.807) is 6.07 Å². The third-order valence-electron chi connectivity index (χ3n) is 3.39. The van der Waals surface area contributed by atoms with Gasteiger partial charge in [-0.15, -0.1) is 0 Å². The molecule has 1 aromatic heterocycles. The van der Waals surface area contributed by atoms with Crippen LogP contribution in [0.25, 0.3) is 11.0 Å². The smallest absolute Gasteiger partial charge is 0.350 e. The molecule has 0 saturated carbocycles. The van der Waals surface area contributed by atoms with Crippen molar-refractivity contribution in [2.75, 3.05) is 18.0 Å². The van der Waals surface area contributed by atoms with Gasteiger partial charge in [0.05, 0.1) is 10.1 Å². The third kappa shape index (κ3) is 1.85. The molecule has 2 heterocycles. The van der Waals surface area contributed by atoms with Crippen LogP contribution in [0.15, 0.2) is 16.8 Å². The fraction of sp³-hybridized carbons (Fsp3) is 0.455. The van der Waals surface area contributed by atoms with E-state index in [1.165, 1.54) is 6.07 Å². The lowest BCUT2D eigenvalue weighted by molar-refractivity contribution is -0.782. The van der Waals surface area contributed by atoms with Gasteiger partial charge < -0.3 is 10.1 Å². The second-order valence-corrected chi connectivity index (χ2v) is 4.54. The summed E-state index contributed by atoms with van der Waals surface area (Å²) < 4.78 is 4.44. The van der Waals surface area contributed by atoms with E-state index in [4.69, 9.17) is 0 Å². The molecule has 0 atom stereocenters. The Balaban J connectivity index is 2.17. The molecule has 1 aliphatic rings. The second kappa shape index (κ2) is 4.38. The monoisotopic (exact) mass is 264 g/mol. The first-order valence-electron chi connectivity index (χ1n) is 6.10. The fourth-order valence-electron chi connectivity index (χ4n) is 2.49. The largest absolute Gasteiger partial charge is 0.366 e. The summed E-state index contributed by atoms with van der Waals surface area (Å²) >= 11 is 0. The molecule has 0 bridgehead atoms. The van der Waals surface area contributed by atoms with Crippen LogP contribution in [0, 0.1) is 15.3 Å². The number of rotatable bonds is 2. The molecular formula is C11H12N4O4. The first-order chi connectivity index (χ1) is 9.18. The Kier molecular flexibility index (Phi) is 2.69. The van der Waals surface area contributed by atoms with Gasteiger partial charge in [-0.3, -0.25) is 14.7 Å². The van der Waals surface area contributed by atoms with Gasteiger partial charge in [0.1, 0.15) is 5.69 Å². The number of piperidine rings is 1. The molecule has 1 aromatic carbocycles. The van der Waals surface area contributed by atoms with E-state index < -0.39 is 4.92 Å². The number of aromatic nitrogens is 2. The van der Waals surface area contributed by atoms with E-state index in [9.17, 15) is 15.3 Å². The van der Waals surface area contributed by atoms with Crippen LogP contribution in [-0.4, -0.2) is 23.2 Å². The quantitative estimate of drug-likeness (QED) is 0.461. The van der Waals surface area contributed by atoms with Crippen molar-refractivity contribution in [2.24, 2.45) is 0 Å². The lowest BCUT2D eigenvalue weighted by Gasteiger charge is -2.27. The van der Waals surface area contributed by atoms with Gasteiger partial charge in [-0.25, -0.2) is 0 Å². The van der Waals surface area contributed by atoms with E-state index in [0.717, 1.165) is 32.4 Å². The number of fused-ring (bicyclic) bond motifs is 1. The van der Waals surface area contributed by atoms with Crippen LogP contribution in [-0.2, 0) is 0 Å². The number of nitro groups is 1. The zero-order valence-corrected chi connectivity index (χ0v) is 10.1. The Labute approximate surface area is 107 Å². The molecule has 8 nitrogen and oxygen atoms in total. The van der Waals surface area contributed by atoms with Gasteiger partial charge in [0.25, 0.3) is 0 Å². The van der Waals surface area contributed by atoms with Crippen LogP contribution in [0.5, 0.6) is 0 Å². The second-order valence-electron chi connectivity index (χ2n) is 4.54. The Morgan fingerprint density at radius 2 is 2.05 bits per heavy atom. The highest BCUT2D eigenvalue weighted by molar-refractivity contribution is 5.89. The number of nitro benzene ring substituents is 1. The van der Waals surface area contributed by atoms with Crippen molar-refractivity contribution >= 4 is 22.4 Å². The topological polar surface area (TPSA) is 99.3 Å². The molecule has 0 aliphatic carbocycles. The first kappa shape index (κ1) is 11.7. The molecule has 0 radical (unpaired) electrons. The van der Waals surface area contributed by atoms with Crippen LogP contribution >= 0.6 is 0 Å². The van der Waals surface area contributed by atoms with E-state index in [1.807, 2.05) is 4.90 Å². The number of benzene rings is 1. The Morgan fingerprint density at radius 3 is 2.74 bits per heavy atom. The zero-order valence-electron chi connectivity index (χ0n) is 10.1. The van der Waals surface area contributed by atoms with E-state index in [-0.39, 0.29) is 21.6 Å². The zero-order chi connectivity index (χ0) is 13.4. The molecule has 8 heteroatoms. The molecule has 0 spiro atoms. The average molecular weight is 264 g/mol. The first-order valence-corrected chi connectivity index (χ1v) is 6.10. The van der Waals surface area contributed by atoms with E-state index in [2.05, 4.69) is 9.79 Å². The van der Waals surface area contributed by atoms with Gasteiger partial charge in [-0.2, -0.15) is 0 Å². The number of nitrogens with zero attached hydrogens (tertiary/aromatic N) is 4. The molecule has 19 heavy (non-hydrogen) atoms. The van der Waals surface area contributed by atoms with Crippen molar-refractivity contribution in [2.45, 2.75) is 19.3 Å². The van der Waals surface area contributed by atoms with Crippen LogP contribution in [0.1, 0.15) is 19.3 Å². The fourth-order valence-corrected chi connectivity index (χ4v) is 2.49. The van der Waals surface area contributed by atoms with E-state index >= 15 is 0 Å². The summed E-state index contributed by atoms with van der Waals surface area (Å²) in [5.74, 6) is 0. The minimum absolute atomic E-state index is 0.00285. The minimum atomic E-state index is -0.505. The van der Waals surface area contributed by atoms with Gasteiger partial charge >= 0.3 is 11.2 Å². The van der Waals surface area contributed by atoms with Crippen LogP contribution in [0.4, 0.5) is 11.4 Å². The lowest BCUT2D eigenvalue weighted by atomic mass is 10.1.